The highest BCUT2D eigenvalue weighted by atomic mass is 14.8. The zero-order valence-corrected chi connectivity index (χ0v) is 8.46. The molecule has 2 heteroatoms. The molecule has 0 aliphatic heterocycles. The first kappa shape index (κ1) is 10.2. The summed E-state index contributed by atoms with van der Waals surface area (Å²) >= 11 is 0. The van der Waals surface area contributed by atoms with Crippen LogP contribution in [0.15, 0.2) is 24.4 Å². The van der Waals surface area contributed by atoms with Crippen molar-refractivity contribution in [2.45, 2.75) is 25.7 Å². The van der Waals surface area contributed by atoms with Crippen LogP contribution in [-0.4, -0.2) is 18.6 Å². The van der Waals surface area contributed by atoms with Crippen molar-refractivity contribution < 1.29 is 0 Å². The maximum absolute atomic E-state index is 4.34. The molecule has 1 unspecified atom stereocenters. The summed E-state index contributed by atoms with van der Waals surface area (Å²) in [6, 6.07) is 6.12. The van der Waals surface area contributed by atoms with E-state index in [0.29, 0.717) is 5.92 Å². The first-order valence-corrected chi connectivity index (χ1v) is 4.90. The van der Waals surface area contributed by atoms with Crippen LogP contribution in [-0.2, 0) is 0 Å². The van der Waals surface area contributed by atoms with Gasteiger partial charge in [-0.1, -0.05) is 13.0 Å². The highest BCUT2D eigenvalue weighted by Crippen LogP contribution is 2.17. The van der Waals surface area contributed by atoms with E-state index in [-0.39, 0.29) is 0 Å². The Balaban J connectivity index is 2.35. The normalized spacial score (nSPS) is 12.8. The molecule has 0 saturated heterocycles. The van der Waals surface area contributed by atoms with E-state index in [4.69, 9.17) is 0 Å². The molecular weight excluding hydrogens is 160 g/mol. The highest BCUT2D eigenvalue weighted by Gasteiger charge is 2.04. The fourth-order valence-electron chi connectivity index (χ4n) is 1.40. The molecule has 13 heavy (non-hydrogen) atoms. The van der Waals surface area contributed by atoms with Gasteiger partial charge in [0.05, 0.1) is 0 Å². The van der Waals surface area contributed by atoms with Gasteiger partial charge >= 0.3 is 0 Å². The second-order valence-corrected chi connectivity index (χ2v) is 3.40. The lowest BCUT2D eigenvalue weighted by Gasteiger charge is -2.09. The van der Waals surface area contributed by atoms with Crippen LogP contribution in [0.4, 0.5) is 0 Å². The van der Waals surface area contributed by atoms with Gasteiger partial charge in [-0.25, -0.2) is 0 Å². The van der Waals surface area contributed by atoms with Crippen molar-refractivity contribution in [3.8, 4) is 0 Å². The van der Waals surface area contributed by atoms with Gasteiger partial charge in [0.25, 0.3) is 0 Å². The summed E-state index contributed by atoms with van der Waals surface area (Å²) in [7, 11) is 1.99. The van der Waals surface area contributed by atoms with Gasteiger partial charge in [-0.05, 0) is 44.5 Å². The number of pyridine rings is 1. The predicted octanol–water partition coefficient (Wildman–Crippen LogP) is 2.18. The summed E-state index contributed by atoms with van der Waals surface area (Å²) in [6.45, 7) is 3.33. The van der Waals surface area contributed by atoms with Gasteiger partial charge in [-0.15, -0.1) is 0 Å². The van der Waals surface area contributed by atoms with Crippen molar-refractivity contribution >= 4 is 0 Å². The third-order valence-corrected chi connectivity index (χ3v) is 2.26. The fraction of sp³-hybridized carbons (Fsp3) is 0.545. The fourth-order valence-corrected chi connectivity index (χ4v) is 1.40. The summed E-state index contributed by atoms with van der Waals surface area (Å²) in [6.07, 6.45) is 4.29. The molecule has 0 radical (unpaired) electrons. The lowest BCUT2D eigenvalue weighted by Crippen LogP contribution is -2.08. The molecule has 0 aromatic carbocycles. The van der Waals surface area contributed by atoms with Crippen LogP contribution in [0.3, 0.4) is 0 Å². The Morgan fingerprint density at radius 3 is 2.92 bits per heavy atom. The third kappa shape index (κ3) is 3.55. The zero-order valence-electron chi connectivity index (χ0n) is 8.46. The number of nitrogens with one attached hydrogen (secondary N) is 1. The number of rotatable bonds is 5. The predicted molar refractivity (Wildman–Crippen MR) is 55.8 cm³/mol. The Morgan fingerprint density at radius 2 is 2.31 bits per heavy atom. The molecule has 0 aliphatic carbocycles. The van der Waals surface area contributed by atoms with Crippen molar-refractivity contribution in [2.75, 3.05) is 13.6 Å². The maximum atomic E-state index is 4.34. The minimum Gasteiger partial charge on any atom is -0.320 e. The van der Waals surface area contributed by atoms with Crippen molar-refractivity contribution in [1.82, 2.24) is 10.3 Å². The smallest absolute Gasteiger partial charge is 0.0431 e. The Morgan fingerprint density at radius 1 is 1.46 bits per heavy atom. The molecule has 2 nitrogen and oxygen atoms in total. The molecule has 1 rings (SSSR count). The topological polar surface area (TPSA) is 24.9 Å². The van der Waals surface area contributed by atoms with Gasteiger partial charge < -0.3 is 5.32 Å². The summed E-state index contributed by atoms with van der Waals surface area (Å²) in [5.74, 6) is 0.578. The Kier molecular flexibility index (Phi) is 4.47. The first-order valence-electron chi connectivity index (χ1n) is 4.90. The molecule has 0 amide bonds. The van der Waals surface area contributed by atoms with E-state index in [0.717, 1.165) is 6.54 Å². The minimum absolute atomic E-state index is 0.578. The molecule has 0 spiro atoms. The van der Waals surface area contributed by atoms with E-state index >= 15 is 0 Å². The summed E-state index contributed by atoms with van der Waals surface area (Å²) in [5, 5.41) is 3.15. The lowest BCUT2D eigenvalue weighted by atomic mass is 10.0. The van der Waals surface area contributed by atoms with Crippen molar-refractivity contribution in [3.05, 3.63) is 30.1 Å². The van der Waals surface area contributed by atoms with E-state index in [2.05, 4.69) is 29.4 Å². The Bertz CT molecular complexity index is 221. The zero-order chi connectivity index (χ0) is 9.52. The Labute approximate surface area is 80.4 Å². The standard InChI is InChI=1S/C11H18N2/c1-10(6-5-8-12-2)11-7-3-4-9-13-11/h3-4,7,9-10,12H,5-6,8H2,1-2H3. The van der Waals surface area contributed by atoms with Crippen LogP contribution in [0.1, 0.15) is 31.4 Å². The Hall–Kier alpha value is -0.890. The van der Waals surface area contributed by atoms with Crippen LogP contribution in [0.2, 0.25) is 0 Å². The van der Waals surface area contributed by atoms with Crippen LogP contribution < -0.4 is 5.32 Å². The van der Waals surface area contributed by atoms with Gasteiger partial charge in [0.2, 0.25) is 0 Å². The number of nitrogens with zero attached hydrogens (tertiary/aromatic N) is 1. The van der Waals surface area contributed by atoms with E-state index in [9.17, 15) is 0 Å². The van der Waals surface area contributed by atoms with Crippen molar-refractivity contribution in [1.29, 1.82) is 0 Å². The van der Waals surface area contributed by atoms with Gasteiger partial charge in [-0.3, -0.25) is 4.98 Å². The quantitative estimate of drug-likeness (QED) is 0.699. The van der Waals surface area contributed by atoms with Crippen LogP contribution in [0.25, 0.3) is 0 Å². The number of hydrogen-bond acceptors (Lipinski definition) is 2. The third-order valence-electron chi connectivity index (χ3n) is 2.26. The lowest BCUT2D eigenvalue weighted by molar-refractivity contribution is 0.597. The highest BCUT2D eigenvalue weighted by molar-refractivity contribution is 5.08. The first-order chi connectivity index (χ1) is 6.34. The second kappa shape index (κ2) is 5.70. The molecule has 72 valence electrons. The van der Waals surface area contributed by atoms with Crippen LogP contribution in [0, 0.1) is 0 Å². The van der Waals surface area contributed by atoms with Crippen LogP contribution in [0.5, 0.6) is 0 Å². The minimum atomic E-state index is 0.578. The van der Waals surface area contributed by atoms with Crippen LogP contribution >= 0.6 is 0 Å². The SMILES string of the molecule is CNCCCC(C)c1ccccn1. The molecule has 0 saturated carbocycles. The molecular formula is C11H18N2. The monoisotopic (exact) mass is 178 g/mol. The van der Waals surface area contributed by atoms with E-state index < -0.39 is 0 Å². The molecule has 1 aromatic rings. The molecule has 0 bridgehead atoms. The summed E-state index contributed by atoms with van der Waals surface area (Å²) < 4.78 is 0. The average Bonchev–Trinajstić information content (AvgIpc) is 2.19. The summed E-state index contributed by atoms with van der Waals surface area (Å²) in [5.41, 5.74) is 1.21. The summed E-state index contributed by atoms with van der Waals surface area (Å²) in [4.78, 5) is 4.34. The second-order valence-electron chi connectivity index (χ2n) is 3.40. The van der Waals surface area contributed by atoms with Gasteiger partial charge in [-0.2, -0.15) is 0 Å². The average molecular weight is 178 g/mol. The van der Waals surface area contributed by atoms with E-state index in [1.54, 1.807) is 0 Å². The molecule has 1 aromatic heterocycles. The number of aromatic nitrogens is 1. The van der Waals surface area contributed by atoms with Gasteiger partial charge in [0.15, 0.2) is 0 Å². The molecule has 1 heterocycles. The van der Waals surface area contributed by atoms with Crippen molar-refractivity contribution in [2.24, 2.45) is 0 Å². The van der Waals surface area contributed by atoms with E-state index in [1.165, 1.54) is 18.5 Å². The molecule has 0 aliphatic rings. The van der Waals surface area contributed by atoms with E-state index in [1.807, 2.05) is 19.3 Å². The largest absolute Gasteiger partial charge is 0.320 e. The van der Waals surface area contributed by atoms with Gasteiger partial charge in [0, 0.05) is 11.9 Å². The van der Waals surface area contributed by atoms with Crippen molar-refractivity contribution in [3.63, 3.8) is 0 Å². The molecule has 1 atom stereocenters. The van der Waals surface area contributed by atoms with Gasteiger partial charge in [0.1, 0.15) is 0 Å². The molecule has 0 fully saturated rings. The molecule has 1 N–H and O–H groups in total. The number of hydrogen-bond donors (Lipinski definition) is 1. The maximum Gasteiger partial charge on any atom is 0.0431 e.